The first-order chi connectivity index (χ1) is 23.8. The molecule has 1 heterocycles. The minimum atomic E-state index is 1.11. The SMILES string of the molecule is c1ccc(N(c2ccc(-c3cccc(-n4c5ccccc5c5ccccc54)c3)cc2)c2ccc(-c3ccc4ccccc4c3)cc2)cc1. The summed E-state index contributed by atoms with van der Waals surface area (Å²) in [6.07, 6.45) is 0. The van der Waals surface area contributed by atoms with Crippen molar-refractivity contribution in [3.8, 4) is 27.9 Å². The van der Waals surface area contributed by atoms with Crippen LogP contribution in [-0.4, -0.2) is 4.57 Å². The van der Waals surface area contributed by atoms with Crippen LogP contribution in [0.2, 0.25) is 0 Å². The van der Waals surface area contributed by atoms with Crippen molar-refractivity contribution < 1.29 is 0 Å². The largest absolute Gasteiger partial charge is 0.311 e. The highest BCUT2D eigenvalue weighted by Crippen LogP contribution is 2.38. The van der Waals surface area contributed by atoms with Crippen LogP contribution >= 0.6 is 0 Å². The molecule has 2 nitrogen and oxygen atoms in total. The van der Waals surface area contributed by atoms with Crippen molar-refractivity contribution in [2.75, 3.05) is 4.90 Å². The van der Waals surface area contributed by atoms with Gasteiger partial charge in [-0.15, -0.1) is 0 Å². The van der Waals surface area contributed by atoms with E-state index in [0.29, 0.717) is 0 Å². The fourth-order valence-corrected chi connectivity index (χ4v) is 7.02. The molecule has 0 fully saturated rings. The molecule has 0 aliphatic heterocycles. The first-order valence-electron chi connectivity index (χ1n) is 16.4. The van der Waals surface area contributed by atoms with Crippen LogP contribution in [0.5, 0.6) is 0 Å². The van der Waals surface area contributed by atoms with E-state index in [4.69, 9.17) is 0 Å². The Morgan fingerprint density at radius 2 is 0.812 bits per heavy atom. The van der Waals surface area contributed by atoms with Crippen LogP contribution in [-0.2, 0) is 0 Å². The maximum absolute atomic E-state index is 2.38. The minimum absolute atomic E-state index is 1.11. The summed E-state index contributed by atoms with van der Waals surface area (Å²) in [7, 11) is 0. The Morgan fingerprint density at radius 1 is 0.312 bits per heavy atom. The number of anilines is 3. The highest BCUT2D eigenvalue weighted by molar-refractivity contribution is 6.09. The van der Waals surface area contributed by atoms with Crippen LogP contribution < -0.4 is 4.90 Å². The van der Waals surface area contributed by atoms with Crippen molar-refractivity contribution in [3.05, 3.63) is 194 Å². The summed E-state index contributed by atoms with van der Waals surface area (Å²) < 4.78 is 2.38. The molecule has 9 aromatic rings. The molecule has 0 atom stereocenters. The number of rotatable bonds is 6. The molecule has 48 heavy (non-hydrogen) atoms. The maximum atomic E-state index is 2.38. The van der Waals surface area contributed by atoms with E-state index in [1.54, 1.807) is 0 Å². The zero-order valence-corrected chi connectivity index (χ0v) is 26.4. The molecule has 0 saturated heterocycles. The first kappa shape index (κ1) is 27.9. The van der Waals surface area contributed by atoms with E-state index in [9.17, 15) is 0 Å². The second-order valence-corrected chi connectivity index (χ2v) is 12.2. The monoisotopic (exact) mass is 612 g/mol. The lowest BCUT2D eigenvalue weighted by molar-refractivity contribution is 1.18. The van der Waals surface area contributed by atoms with E-state index in [0.717, 1.165) is 22.7 Å². The lowest BCUT2D eigenvalue weighted by atomic mass is 10.0. The summed E-state index contributed by atoms with van der Waals surface area (Å²) in [6.45, 7) is 0. The molecule has 0 saturated carbocycles. The van der Waals surface area contributed by atoms with Gasteiger partial charge in [-0.1, -0.05) is 127 Å². The number of aromatic nitrogens is 1. The molecule has 0 bridgehead atoms. The molecule has 9 rings (SSSR count). The first-order valence-corrected chi connectivity index (χ1v) is 16.4. The standard InChI is InChI=1S/C46H32N2/c1-2-14-39(15-3-1)47(41-29-25-35(26-30-41)38-22-21-33-11-4-5-12-36(33)31-38)40-27-23-34(24-28-40)37-13-10-16-42(32-37)48-45-19-8-6-17-43(45)44-18-7-9-20-46(44)48/h1-32H. The molecule has 2 heteroatoms. The molecular formula is C46H32N2. The van der Waals surface area contributed by atoms with Gasteiger partial charge in [0.1, 0.15) is 0 Å². The second-order valence-electron chi connectivity index (χ2n) is 12.2. The smallest absolute Gasteiger partial charge is 0.0541 e. The summed E-state index contributed by atoms with van der Waals surface area (Å²) in [4.78, 5) is 2.32. The third-order valence-electron chi connectivity index (χ3n) is 9.37. The van der Waals surface area contributed by atoms with Gasteiger partial charge in [0.05, 0.1) is 11.0 Å². The van der Waals surface area contributed by atoms with Gasteiger partial charge in [-0.2, -0.15) is 0 Å². The second kappa shape index (κ2) is 11.8. The van der Waals surface area contributed by atoms with Crippen LogP contribution in [0.15, 0.2) is 194 Å². The van der Waals surface area contributed by atoms with Gasteiger partial charge in [-0.3, -0.25) is 0 Å². The molecule has 0 N–H and O–H groups in total. The molecular weight excluding hydrogens is 581 g/mol. The van der Waals surface area contributed by atoms with Gasteiger partial charge in [-0.25, -0.2) is 0 Å². The normalized spacial score (nSPS) is 11.3. The van der Waals surface area contributed by atoms with Gasteiger partial charge in [0, 0.05) is 33.5 Å². The topological polar surface area (TPSA) is 8.17 Å². The van der Waals surface area contributed by atoms with Gasteiger partial charge in [0.2, 0.25) is 0 Å². The molecule has 0 spiro atoms. The molecule has 226 valence electrons. The van der Waals surface area contributed by atoms with Gasteiger partial charge >= 0.3 is 0 Å². The number of nitrogens with zero attached hydrogens (tertiary/aromatic N) is 2. The van der Waals surface area contributed by atoms with Crippen molar-refractivity contribution in [1.29, 1.82) is 0 Å². The number of fused-ring (bicyclic) bond motifs is 4. The van der Waals surface area contributed by atoms with E-state index in [1.165, 1.54) is 54.8 Å². The Morgan fingerprint density at radius 3 is 1.46 bits per heavy atom. The molecule has 0 amide bonds. The third-order valence-corrected chi connectivity index (χ3v) is 9.37. The maximum Gasteiger partial charge on any atom is 0.0541 e. The number of hydrogen-bond donors (Lipinski definition) is 0. The molecule has 1 aromatic heterocycles. The molecule has 0 radical (unpaired) electrons. The summed E-state index contributed by atoms with van der Waals surface area (Å²) in [6, 6.07) is 69.8. The number of hydrogen-bond acceptors (Lipinski definition) is 1. The zero-order valence-electron chi connectivity index (χ0n) is 26.4. The fraction of sp³-hybridized carbons (Fsp3) is 0. The van der Waals surface area contributed by atoms with Crippen molar-refractivity contribution >= 4 is 49.6 Å². The minimum Gasteiger partial charge on any atom is -0.311 e. The lowest BCUT2D eigenvalue weighted by Crippen LogP contribution is -2.09. The Balaban J connectivity index is 1.07. The summed E-state index contributed by atoms with van der Waals surface area (Å²) >= 11 is 0. The van der Waals surface area contributed by atoms with Gasteiger partial charge in [-0.05, 0) is 99.8 Å². The highest BCUT2D eigenvalue weighted by atomic mass is 15.1. The molecule has 8 aromatic carbocycles. The average molecular weight is 613 g/mol. The average Bonchev–Trinajstić information content (AvgIpc) is 3.50. The predicted octanol–water partition coefficient (Wildman–Crippen LogP) is 12.7. The summed E-state index contributed by atoms with van der Waals surface area (Å²) in [5.41, 5.74) is 11.7. The molecule has 0 aliphatic carbocycles. The van der Waals surface area contributed by atoms with Gasteiger partial charge < -0.3 is 9.47 Å². The quantitative estimate of drug-likeness (QED) is 0.181. The Labute approximate surface area is 280 Å². The summed E-state index contributed by atoms with van der Waals surface area (Å²) in [5.74, 6) is 0. The van der Waals surface area contributed by atoms with E-state index in [2.05, 4.69) is 204 Å². The fourth-order valence-electron chi connectivity index (χ4n) is 7.02. The zero-order chi connectivity index (χ0) is 31.9. The molecule has 0 aliphatic rings. The van der Waals surface area contributed by atoms with Crippen LogP contribution in [0.1, 0.15) is 0 Å². The van der Waals surface area contributed by atoms with E-state index >= 15 is 0 Å². The van der Waals surface area contributed by atoms with Crippen LogP contribution in [0.4, 0.5) is 17.1 Å². The van der Waals surface area contributed by atoms with Crippen molar-refractivity contribution in [1.82, 2.24) is 4.57 Å². The van der Waals surface area contributed by atoms with Crippen molar-refractivity contribution in [2.24, 2.45) is 0 Å². The van der Waals surface area contributed by atoms with Crippen LogP contribution in [0.25, 0.3) is 60.5 Å². The van der Waals surface area contributed by atoms with E-state index < -0.39 is 0 Å². The van der Waals surface area contributed by atoms with Crippen molar-refractivity contribution in [3.63, 3.8) is 0 Å². The Kier molecular flexibility index (Phi) is 6.84. The molecule has 0 unspecified atom stereocenters. The Bertz CT molecular complexity index is 2490. The van der Waals surface area contributed by atoms with E-state index in [1.807, 2.05) is 0 Å². The summed E-state index contributed by atoms with van der Waals surface area (Å²) in [5, 5.41) is 5.06. The van der Waals surface area contributed by atoms with E-state index in [-0.39, 0.29) is 0 Å². The van der Waals surface area contributed by atoms with Gasteiger partial charge in [0.15, 0.2) is 0 Å². The number of para-hydroxylation sites is 3. The lowest BCUT2D eigenvalue weighted by Gasteiger charge is -2.26. The van der Waals surface area contributed by atoms with Crippen LogP contribution in [0.3, 0.4) is 0 Å². The number of benzene rings is 8. The Hall–Kier alpha value is -6.38. The van der Waals surface area contributed by atoms with Crippen LogP contribution in [0, 0.1) is 0 Å². The van der Waals surface area contributed by atoms with Crippen molar-refractivity contribution in [2.45, 2.75) is 0 Å². The van der Waals surface area contributed by atoms with Gasteiger partial charge in [0.25, 0.3) is 0 Å². The third kappa shape index (κ3) is 4.92. The predicted molar refractivity (Wildman–Crippen MR) is 204 cm³/mol. The highest BCUT2D eigenvalue weighted by Gasteiger charge is 2.15.